The molecule has 0 atom stereocenters. The first-order chi connectivity index (χ1) is 8.09. The SMILES string of the molecule is C#CCCC[N+]1=C(C)C(C)(C)c2ccccc21. The van der Waals surface area contributed by atoms with E-state index in [1.165, 1.54) is 17.0 Å². The van der Waals surface area contributed by atoms with Gasteiger partial charge in [0.25, 0.3) is 0 Å². The van der Waals surface area contributed by atoms with Crippen molar-refractivity contribution in [2.75, 3.05) is 6.54 Å². The average molecular weight is 226 g/mol. The maximum absolute atomic E-state index is 5.32. The first kappa shape index (κ1) is 11.9. The highest BCUT2D eigenvalue weighted by Gasteiger charge is 2.42. The van der Waals surface area contributed by atoms with Gasteiger partial charge in [-0.25, -0.2) is 0 Å². The van der Waals surface area contributed by atoms with Gasteiger partial charge in [0.1, 0.15) is 6.54 Å². The number of terminal acetylenes is 1. The second kappa shape index (κ2) is 4.37. The molecule has 1 aliphatic rings. The van der Waals surface area contributed by atoms with Gasteiger partial charge in [-0.05, 0) is 13.8 Å². The summed E-state index contributed by atoms with van der Waals surface area (Å²) in [7, 11) is 0. The van der Waals surface area contributed by atoms with E-state index in [1.54, 1.807) is 0 Å². The quantitative estimate of drug-likeness (QED) is 0.421. The van der Waals surface area contributed by atoms with Crippen LogP contribution < -0.4 is 0 Å². The second-order valence-electron chi connectivity index (χ2n) is 5.19. The van der Waals surface area contributed by atoms with Crippen LogP contribution in [0.15, 0.2) is 24.3 Å². The van der Waals surface area contributed by atoms with E-state index in [9.17, 15) is 0 Å². The molecule has 1 aliphatic heterocycles. The van der Waals surface area contributed by atoms with Gasteiger partial charge < -0.3 is 0 Å². The number of hydrogen-bond donors (Lipinski definition) is 0. The summed E-state index contributed by atoms with van der Waals surface area (Å²) in [5, 5.41) is 0. The van der Waals surface area contributed by atoms with E-state index in [2.05, 4.69) is 55.5 Å². The summed E-state index contributed by atoms with van der Waals surface area (Å²) in [5.74, 6) is 2.72. The Morgan fingerprint density at radius 2 is 2.00 bits per heavy atom. The molecular weight excluding hydrogens is 206 g/mol. The molecule has 17 heavy (non-hydrogen) atoms. The summed E-state index contributed by atoms with van der Waals surface area (Å²) in [5.41, 5.74) is 4.35. The molecule has 0 radical (unpaired) electrons. The van der Waals surface area contributed by atoms with Crippen LogP contribution in [-0.4, -0.2) is 16.8 Å². The number of fused-ring (bicyclic) bond motifs is 1. The van der Waals surface area contributed by atoms with E-state index in [0.29, 0.717) is 0 Å². The summed E-state index contributed by atoms with van der Waals surface area (Å²) in [6.07, 6.45) is 7.23. The molecule has 0 N–H and O–H groups in total. The molecule has 0 fully saturated rings. The van der Waals surface area contributed by atoms with Gasteiger partial charge in [-0.3, -0.25) is 0 Å². The Balaban J connectivity index is 2.37. The largest absolute Gasteiger partial charge is 0.209 e. The van der Waals surface area contributed by atoms with E-state index >= 15 is 0 Å². The van der Waals surface area contributed by atoms with Crippen LogP contribution in [0, 0.1) is 12.3 Å². The highest BCUT2D eigenvalue weighted by atomic mass is 15.1. The lowest BCUT2D eigenvalue weighted by Crippen LogP contribution is -2.26. The third-order valence-corrected chi connectivity index (χ3v) is 3.88. The van der Waals surface area contributed by atoms with Crippen molar-refractivity contribution in [2.24, 2.45) is 0 Å². The van der Waals surface area contributed by atoms with Crippen LogP contribution in [0.1, 0.15) is 39.2 Å². The highest BCUT2D eigenvalue weighted by molar-refractivity contribution is 5.93. The van der Waals surface area contributed by atoms with Gasteiger partial charge in [0.05, 0.1) is 5.41 Å². The van der Waals surface area contributed by atoms with Gasteiger partial charge in [0.15, 0.2) is 5.71 Å². The smallest absolute Gasteiger partial charge is 0.199 e. The minimum Gasteiger partial charge on any atom is -0.199 e. The number of hydrogen-bond acceptors (Lipinski definition) is 0. The lowest BCUT2D eigenvalue weighted by Gasteiger charge is -2.14. The van der Waals surface area contributed by atoms with Crippen LogP contribution in [0.3, 0.4) is 0 Å². The van der Waals surface area contributed by atoms with Gasteiger partial charge in [-0.1, -0.05) is 18.2 Å². The van der Waals surface area contributed by atoms with Crippen LogP contribution in [0.25, 0.3) is 0 Å². The van der Waals surface area contributed by atoms with Crippen molar-refractivity contribution in [3.63, 3.8) is 0 Å². The maximum Gasteiger partial charge on any atom is 0.209 e. The number of benzene rings is 1. The number of unbranched alkanes of at least 4 members (excludes halogenated alkanes) is 1. The van der Waals surface area contributed by atoms with Gasteiger partial charge in [0.2, 0.25) is 5.69 Å². The Kier molecular flexibility index (Phi) is 3.07. The third-order valence-electron chi connectivity index (χ3n) is 3.88. The predicted molar refractivity (Wildman–Crippen MR) is 73.0 cm³/mol. The van der Waals surface area contributed by atoms with Gasteiger partial charge in [-0.15, -0.1) is 12.3 Å². The fourth-order valence-corrected chi connectivity index (χ4v) is 2.58. The number of para-hydroxylation sites is 1. The van der Waals surface area contributed by atoms with Crippen LogP contribution in [0.5, 0.6) is 0 Å². The Hall–Kier alpha value is -1.55. The maximum atomic E-state index is 5.32. The van der Waals surface area contributed by atoms with E-state index < -0.39 is 0 Å². The molecule has 0 saturated heterocycles. The van der Waals surface area contributed by atoms with Crippen molar-refractivity contribution in [1.29, 1.82) is 0 Å². The summed E-state index contributed by atoms with van der Waals surface area (Å²) in [6, 6.07) is 8.68. The topological polar surface area (TPSA) is 3.01 Å². The summed E-state index contributed by atoms with van der Waals surface area (Å²) in [6.45, 7) is 7.84. The van der Waals surface area contributed by atoms with Crippen LogP contribution in [0.2, 0.25) is 0 Å². The predicted octanol–water partition coefficient (Wildman–Crippen LogP) is 3.50. The standard InChI is InChI=1S/C16H20N/c1-5-6-9-12-17-13(2)16(3,4)14-10-7-8-11-15(14)17/h1,7-8,10-11H,6,9,12H2,2-4H3/q+1. The van der Waals surface area contributed by atoms with Crippen molar-refractivity contribution < 1.29 is 4.58 Å². The molecule has 0 aliphatic carbocycles. The molecule has 0 unspecified atom stereocenters. The molecule has 0 aromatic heterocycles. The van der Waals surface area contributed by atoms with E-state index in [-0.39, 0.29) is 5.41 Å². The molecule has 1 heterocycles. The Bertz CT molecular complexity index is 501. The lowest BCUT2D eigenvalue weighted by atomic mass is 9.82. The fourth-order valence-electron chi connectivity index (χ4n) is 2.58. The molecule has 0 bridgehead atoms. The van der Waals surface area contributed by atoms with E-state index in [0.717, 1.165) is 19.4 Å². The molecular formula is C16H20N+. The molecule has 1 aromatic carbocycles. The molecule has 0 spiro atoms. The third kappa shape index (κ3) is 1.89. The van der Waals surface area contributed by atoms with Crippen molar-refractivity contribution in [1.82, 2.24) is 0 Å². The first-order valence-corrected chi connectivity index (χ1v) is 6.23. The van der Waals surface area contributed by atoms with Crippen molar-refractivity contribution in [2.45, 2.75) is 39.0 Å². The zero-order chi connectivity index (χ0) is 12.5. The molecule has 0 saturated carbocycles. The monoisotopic (exact) mass is 226 g/mol. The fraction of sp³-hybridized carbons (Fsp3) is 0.438. The zero-order valence-electron chi connectivity index (χ0n) is 11.0. The Morgan fingerprint density at radius 1 is 1.29 bits per heavy atom. The Labute approximate surface area is 104 Å². The summed E-state index contributed by atoms with van der Waals surface area (Å²) < 4.78 is 2.42. The minimum atomic E-state index is 0.146. The minimum absolute atomic E-state index is 0.146. The van der Waals surface area contributed by atoms with Crippen molar-refractivity contribution in [3.8, 4) is 12.3 Å². The number of nitrogens with zero attached hydrogens (tertiary/aromatic N) is 1. The summed E-state index contributed by atoms with van der Waals surface area (Å²) in [4.78, 5) is 0. The van der Waals surface area contributed by atoms with E-state index in [4.69, 9.17) is 6.42 Å². The molecule has 2 rings (SSSR count). The van der Waals surface area contributed by atoms with E-state index in [1.807, 2.05) is 0 Å². The molecule has 1 aromatic rings. The summed E-state index contributed by atoms with van der Waals surface area (Å²) >= 11 is 0. The van der Waals surface area contributed by atoms with Gasteiger partial charge >= 0.3 is 0 Å². The Morgan fingerprint density at radius 3 is 2.71 bits per heavy atom. The molecule has 1 heteroatoms. The molecule has 1 nitrogen and oxygen atoms in total. The average Bonchev–Trinajstić information content (AvgIpc) is 2.51. The molecule has 88 valence electrons. The van der Waals surface area contributed by atoms with Gasteiger partial charge in [0, 0.05) is 31.4 Å². The lowest BCUT2D eigenvalue weighted by molar-refractivity contribution is -0.439. The highest BCUT2D eigenvalue weighted by Crippen LogP contribution is 2.39. The van der Waals surface area contributed by atoms with Crippen LogP contribution >= 0.6 is 0 Å². The van der Waals surface area contributed by atoms with Crippen molar-refractivity contribution in [3.05, 3.63) is 29.8 Å². The molecule has 0 amide bonds. The second-order valence-corrected chi connectivity index (χ2v) is 5.19. The van der Waals surface area contributed by atoms with Crippen LogP contribution in [0.4, 0.5) is 5.69 Å². The normalized spacial score (nSPS) is 16.8. The first-order valence-electron chi connectivity index (χ1n) is 6.23. The van der Waals surface area contributed by atoms with Crippen molar-refractivity contribution >= 4 is 11.4 Å². The van der Waals surface area contributed by atoms with Gasteiger partial charge in [-0.2, -0.15) is 4.58 Å². The van der Waals surface area contributed by atoms with Crippen LogP contribution in [-0.2, 0) is 5.41 Å². The number of rotatable bonds is 3. The zero-order valence-corrected chi connectivity index (χ0v) is 11.0.